The van der Waals surface area contributed by atoms with Crippen molar-refractivity contribution in [3.63, 3.8) is 0 Å². The molecule has 2 aromatic heterocycles. The van der Waals surface area contributed by atoms with E-state index in [1.165, 1.54) is 4.31 Å². The maximum absolute atomic E-state index is 12.2. The molecule has 1 atom stereocenters. The number of thioether (sulfide) groups is 1. The third-order valence-electron chi connectivity index (χ3n) is 5.09. The minimum Gasteiger partial charge on any atom is -0.346 e. The molecule has 3 heterocycles. The molecule has 0 radical (unpaired) electrons. The van der Waals surface area contributed by atoms with E-state index in [1.807, 2.05) is 35.8 Å². The summed E-state index contributed by atoms with van der Waals surface area (Å²) in [5, 5.41) is 5.54. The predicted octanol–water partition coefficient (Wildman–Crippen LogP) is 4.06. The zero-order chi connectivity index (χ0) is 21.4. The molecule has 31 heavy (non-hydrogen) atoms. The first kappa shape index (κ1) is 20.0. The van der Waals surface area contributed by atoms with Gasteiger partial charge in [-0.05, 0) is 48.6 Å². The third kappa shape index (κ3) is 4.14. The van der Waals surface area contributed by atoms with Gasteiger partial charge in [0, 0.05) is 28.8 Å². The summed E-state index contributed by atoms with van der Waals surface area (Å²) in [7, 11) is 0. The van der Waals surface area contributed by atoms with Gasteiger partial charge in [-0.2, -0.15) is 4.98 Å². The van der Waals surface area contributed by atoms with Gasteiger partial charge in [0.2, 0.25) is 11.9 Å². The Hall–Kier alpha value is -2.95. The number of hydrogen-bond acceptors (Lipinski definition) is 5. The summed E-state index contributed by atoms with van der Waals surface area (Å²) in [6.07, 6.45) is 7.31. The second-order valence-electron chi connectivity index (χ2n) is 7.24. The van der Waals surface area contributed by atoms with Crippen molar-refractivity contribution in [3.05, 3.63) is 59.8 Å². The minimum atomic E-state index is -2.20. The molecule has 3 aromatic rings. The van der Waals surface area contributed by atoms with Crippen molar-refractivity contribution >= 4 is 51.6 Å². The molecule has 10 heteroatoms. The molecule has 1 aliphatic carbocycles. The fourth-order valence-corrected chi connectivity index (χ4v) is 4.62. The number of nitrogens with zero attached hydrogens (tertiary/aromatic N) is 3. The van der Waals surface area contributed by atoms with Crippen LogP contribution in [-0.4, -0.2) is 35.4 Å². The largest absolute Gasteiger partial charge is 0.346 e. The van der Waals surface area contributed by atoms with Crippen molar-refractivity contribution in [1.82, 2.24) is 15.0 Å². The molecule has 158 valence electrons. The number of amides is 1. The van der Waals surface area contributed by atoms with Crippen LogP contribution in [0.2, 0.25) is 0 Å². The van der Waals surface area contributed by atoms with Gasteiger partial charge in [-0.15, -0.1) is 11.8 Å². The van der Waals surface area contributed by atoms with Crippen LogP contribution in [0, 0.1) is 5.92 Å². The number of allylic oxidation sites excluding steroid dienone is 1. The van der Waals surface area contributed by atoms with Crippen LogP contribution in [0.1, 0.15) is 12.8 Å². The predicted molar refractivity (Wildman–Crippen MR) is 124 cm³/mol. The van der Waals surface area contributed by atoms with Crippen molar-refractivity contribution in [2.24, 2.45) is 5.92 Å². The van der Waals surface area contributed by atoms with Crippen LogP contribution in [0.25, 0.3) is 22.3 Å². The molecular formula is C21H19N5O3S2. The summed E-state index contributed by atoms with van der Waals surface area (Å²) in [5.74, 6) is 1.01. The normalized spacial score (nSPS) is 16.7. The Balaban J connectivity index is 1.49. The molecule has 5 rings (SSSR count). The summed E-state index contributed by atoms with van der Waals surface area (Å²) < 4.78 is 23.2. The average Bonchev–Trinajstić information content (AvgIpc) is 3.52. The van der Waals surface area contributed by atoms with Gasteiger partial charge >= 0.3 is 0 Å². The Bertz CT molecular complexity index is 1230. The Kier molecular flexibility index (Phi) is 5.34. The first-order chi connectivity index (χ1) is 15.1. The molecule has 1 aromatic carbocycles. The maximum Gasteiger partial charge on any atom is 0.266 e. The van der Waals surface area contributed by atoms with E-state index in [0.29, 0.717) is 22.7 Å². The minimum absolute atomic E-state index is 0.0533. The van der Waals surface area contributed by atoms with Crippen molar-refractivity contribution in [3.8, 4) is 11.3 Å². The summed E-state index contributed by atoms with van der Waals surface area (Å²) >= 11 is -0.577. The highest BCUT2D eigenvalue weighted by Gasteiger charge is 2.30. The van der Waals surface area contributed by atoms with E-state index in [2.05, 4.69) is 20.3 Å². The number of aromatic nitrogens is 3. The molecular weight excluding hydrogens is 434 g/mol. The number of carbonyl (C=O) groups excluding carboxylic acids is 1. The summed E-state index contributed by atoms with van der Waals surface area (Å²) in [6, 6.07) is 9.14. The SMILES string of the molecule is O=C(Nc1nc(-c2ccc(N(C3=CCSC=C3)S(=O)O)cc2)c2cc[nH]c2n1)C1CC1. The van der Waals surface area contributed by atoms with Crippen LogP contribution in [-0.2, 0) is 16.1 Å². The lowest BCUT2D eigenvalue weighted by atomic mass is 10.1. The van der Waals surface area contributed by atoms with Crippen molar-refractivity contribution in [2.45, 2.75) is 12.8 Å². The smallest absolute Gasteiger partial charge is 0.266 e. The first-order valence-electron chi connectivity index (χ1n) is 9.76. The topological polar surface area (TPSA) is 111 Å². The van der Waals surface area contributed by atoms with E-state index in [4.69, 9.17) is 0 Å². The van der Waals surface area contributed by atoms with Crippen LogP contribution >= 0.6 is 11.8 Å². The zero-order valence-electron chi connectivity index (χ0n) is 16.3. The zero-order valence-corrected chi connectivity index (χ0v) is 17.9. The standard InChI is InChI=1S/C21H19N5O3S2/c27-20(14-1-2-14)25-21-23-18(17-7-10-22-19(17)24-21)13-3-5-15(6-4-13)26(31(28)29)16-8-11-30-12-9-16/h3-11,14H,1-2,12H2,(H,28,29)(H2,22,23,24,25,27). The lowest BCUT2D eigenvalue weighted by Gasteiger charge is -2.22. The van der Waals surface area contributed by atoms with Gasteiger partial charge in [-0.25, -0.2) is 13.5 Å². The van der Waals surface area contributed by atoms with Gasteiger partial charge in [-0.3, -0.25) is 14.7 Å². The quantitative estimate of drug-likeness (QED) is 0.486. The monoisotopic (exact) mass is 453 g/mol. The van der Waals surface area contributed by atoms with E-state index >= 15 is 0 Å². The Morgan fingerprint density at radius 3 is 2.71 bits per heavy atom. The number of aromatic amines is 1. The fraction of sp³-hybridized carbons (Fsp3) is 0.190. The van der Waals surface area contributed by atoms with Gasteiger partial charge in [0.05, 0.1) is 17.1 Å². The molecule has 0 bridgehead atoms. The number of anilines is 2. The number of fused-ring (bicyclic) bond motifs is 1. The number of nitrogens with one attached hydrogen (secondary N) is 2. The van der Waals surface area contributed by atoms with Crippen LogP contribution in [0.5, 0.6) is 0 Å². The highest BCUT2D eigenvalue weighted by Crippen LogP contribution is 2.32. The van der Waals surface area contributed by atoms with Crippen molar-refractivity contribution in [1.29, 1.82) is 0 Å². The number of benzene rings is 1. The molecule has 0 spiro atoms. The number of H-pyrrole nitrogens is 1. The van der Waals surface area contributed by atoms with E-state index in [-0.39, 0.29) is 17.8 Å². The van der Waals surface area contributed by atoms with E-state index < -0.39 is 11.3 Å². The number of hydrogen-bond donors (Lipinski definition) is 3. The van der Waals surface area contributed by atoms with Gasteiger partial charge in [0.15, 0.2) is 0 Å². The Morgan fingerprint density at radius 1 is 1.23 bits per heavy atom. The molecule has 2 aliphatic rings. The lowest BCUT2D eigenvalue weighted by Crippen LogP contribution is -2.24. The van der Waals surface area contributed by atoms with Crippen molar-refractivity contribution in [2.75, 3.05) is 15.4 Å². The lowest BCUT2D eigenvalue weighted by molar-refractivity contribution is -0.117. The Morgan fingerprint density at radius 2 is 2.03 bits per heavy atom. The van der Waals surface area contributed by atoms with Crippen molar-refractivity contribution < 1.29 is 13.6 Å². The molecule has 0 saturated heterocycles. The fourth-order valence-electron chi connectivity index (χ4n) is 3.38. The number of carbonyl (C=O) groups is 1. The summed E-state index contributed by atoms with van der Waals surface area (Å²) in [6.45, 7) is 0. The van der Waals surface area contributed by atoms with E-state index in [0.717, 1.165) is 29.5 Å². The molecule has 1 amide bonds. The van der Waals surface area contributed by atoms with Crippen LogP contribution in [0.3, 0.4) is 0 Å². The average molecular weight is 454 g/mol. The second kappa shape index (κ2) is 8.29. The molecule has 1 saturated carbocycles. The maximum atomic E-state index is 12.2. The van der Waals surface area contributed by atoms with Gasteiger partial charge in [0.1, 0.15) is 5.65 Å². The molecule has 1 aliphatic heterocycles. The van der Waals surface area contributed by atoms with Gasteiger partial charge < -0.3 is 4.98 Å². The molecule has 1 fully saturated rings. The highest BCUT2D eigenvalue weighted by molar-refractivity contribution is 8.02. The first-order valence-corrected chi connectivity index (χ1v) is 11.9. The van der Waals surface area contributed by atoms with Crippen LogP contribution in [0.4, 0.5) is 11.6 Å². The highest BCUT2D eigenvalue weighted by atomic mass is 32.2. The molecule has 1 unspecified atom stereocenters. The second-order valence-corrected chi connectivity index (χ2v) is 9.00. The van der Waals surface area contributed by atoms with E-state index in [9.17, 15) is 13.6 Å². The van der Waals surface area contributed by atoms with Crippen LogP contribution in [0.15, 0.2) is 59.8 Å². The number of rotatable bonds is 6. The van der Waals surface area contributed by atoms with Gasteiger partial charge in [-0.1, -0.05) is 12.1 Å². The van der Waals surface area contributed by atoms with Gasteiger partial charge in [0.25, 0.3) is 11.3 Å². The summed E-state index contributed by atoms with van der Waals surface area (Å²) in [4.78, 5) is 24.2. The molecule has 8 nitrogen and oxygen atoms in total. The molecule has 3 N–H and O–H groups in total. The van der Waals surface area contributed by atoms with E-state index in [1.54, 1.807) is 30.1 Å². The summed E-state index contributed by atoms with van der Waals surface area (Å²) in [5.41, 5.74) is 3.38. The third-order valence-corrected chi connectivity index (χ3v) is 6.51. The van der Waals surface area contributed by atoms with Crippen LogP contribution < -0.4 is 9.62 Å². The Labute approximate surface area is 185 Å².